The van der Waals surface area contributed by atoms with Crippen LogP contribution < -0.4 is 4.74 Å². The van der Waals surface area contributed by atoms with Gasteiger partial charge in [0.05, 0.1) is 30.0 Å². The number of nitrogens with zero attached hydrogens (tertiary/aromatic N) is 4. The number of rotatable bonds is 7. The smallest absolute Gasteiger partial charge is 0.273 e. The zero-order chi connectivity index (χ0) is 20.3. The topological polar surface area (TPSA) is 108 Å². The number of para-hydroxylation sites is 1. The van der Waals surface area contributed by atoms with E-state index in [1.807, 2.05) is 30.3 Å². The predicted octanol–water partition coefficient (Wildman–Crippen LogP) is 2.61. The summed E-state index contributed by atoms with van der Waals surface area (Å²) < 4.78 is 33.7. The summed E-state index contributed by atoms with van der Waals surface area (Å²) in [4.78, 5) is 10.2. The number of aromatic nitrogens is 2. The lowest BCUT2D eigenvalue weighted by Gasteiger charge is -2.18. The van der Waals surface area contributed by atoms with Gasteiger partial charge in [-0.3, -0.25) is 10.1 Å². The van der Waals surface area contributed by atoms with E-state index >= 15 is 0 Å². The minimum atomic E-state index is -3.93. The van der Waals surface area contributed by atoms with E-state index in [4.69, 9.17) is 4.74 Å². The van der Waals surface area contributed by atoms with E-state index in [9.17, 15) is 18.5 Å². The summed E-state index contributed by atoms with van der Waals surface area (Å²) in [6.45, 7) is 0.0787. The Morgan fingerprint density at radius 3 is 2.57 bits per heavy atom. The highest BCUT2D eigenvalue weighted by Crippen LogP contribution is 2.30. The van der Waals surface area contributed by atoms with Gasteiger partial charge in [0.25, 0.3) is 5.69 Å². The summed E-state index contributed by atoms with van der Waals surface area (Å²) in [6, 6.07) is 12.8. The molecule has 0 saturated heterocycles. The van der Waals surface area contributed by atoms with Crippen molar-refractivity contribution in [1.29, 1.82) is 0 Å². The Kier molecular flexibility index (Phi) is 5.43. The zero-order valence-corrected chi connectivity index (χ0v) is 16.0. The standard InChI is InChI=1S/C18H18N4O5S/c1-20(12-14-11-19-21(13-14)15-6-4-3-5-7-15)28(25,26)18-9-8-16(22(23)24)10-17(18)27-2/h3-11,13H,12H2,1-2H3. The van der Waals surface area contributed by atoms with E-state index in [1.165, 1.54) is 20.2 Å². The summed E-state index contributed by atoms with van der Waals surface area (Å²) in [5.74, 6) is -0.0824. The minimum absolute atomic E-state index is 0.0787. The molecule has 0 spiro atoms. The number of hydrogen-bond donors (Lipinski definition) is 0. The summed E-state index contributed by atoms with van der Waals surface area (Å²) >= 11 is 0. The maximum Gasteiger partial charge on any atom is 0.273 e. The van der Waals surface area contributed by atoms with Crippen LogP contribution in [0.3, 0.4) is 0 Å². The number of hydrogen-bond acceptors (Lipinski definition) is 6. The van der Waals surface area contributed by atoms with Gasteiger partial charge in [-0.2, -0.15) is 9.40 Å². The van der Waals surface area contributed by atoms with Crippen molar-refractivity contribution >= 4 is 15.7 Å². The highest BCUT2D eigenvalue weighted by Gasteiger charge is 2.27. The van der Waals surface area contributed by atoms with Crippen LogP contribution in [0.2, 0.25) is 0 Å². The second-order valence-electron chi connectivity index (χ2n) is 5.98. The van der Waals surface area contributed by atoms with Gasteiger partial charge in [-0.1, -0.05) is 18.2 Å². The number of ether oxygens (including phenoxy) is 1. The average molecular weight is 402 g/mol. The minimum Gasteiger partial charge on any atom is -0.495 e. The zero-order valence-electron chi connectivity index (χ0n) is 15.2. The van der Waals surface area contributed by atoms with E-state index in [2.05, 4.69) is 5.10 Å². The van der Waals surface area contributed by atoms with Gasteiger partial charge in [0.15, 0.2) is 0 Å². The van der Waals surface area contributed by atoms with Crippen LogP contribution in [0.25, 0.3) is 5.69 Å². The van der Waals surface area contributed by atoms with Crippen LogP contribution >= 0.6 is 0 Å². The fourth-order valence-electron chi connectivity index (χ4n) is 2.66. The molecule has 0 radical (unpaired) electrons. The number of sulfonamides is 1. The van der Waals surface area contributed by atoms with Gasteiger partial charge < -0.3 is 4.74 Å². The van der Waals surface area contributed by atoms with E-state index in [0.29, 0.717) is 5.56 Å². The molecule has 1 aromatic heterocycles. The molecule has 28 heavy (non-hydrogen) atoms. The van der Waals surface area contributed by atoms with Crippen molar-refractivity contribution in [2.24, 2.45) is 0 Å². The Balaban J connectivity index is 1.85. The van der Waals surface area contributed by atoms with Crippen LogP contribution in [0.4, 0.5) is 5.69 Å². The van der Waals surface area contributed by atoms with Crippen molar-refractivity contribution in [3.8, 4) is 11.4 Å². The first-order chi connectivity index (χ1) is 13.3. The van der Waals surface area contributed by atoms with Gasteiger partial charge in [-0.25, -0.2) is 13.1 Å². The van der Waals surface area contributed by atoms with Crippen molar-refractivity contribution in [2.45, 2.75) is 11.4 Å². The third kappa shape index (κ3) is 3.87. The molecule has 0 aliphatic heterocycles. The molecule has 2 aromatic carbocycles. The molecule has 0 bridgehead atoms. The molecule has 0 aliphatic carbocycles. The highest BCUT2D eigenvalue weighted by molar-refractivity contribution is 7.89. The molecular formula is C18H18N4O5S. The first-order valence-electron chi connectivity index (χ1n) is 8.20. The third-order valence-electron chi connectivity index (χ3n) is 4.11. The van der Waals surface area contributed by atoms with Crippen LogP contribution in [0.15, 0.2) is 65.8 Å². The van der Waals surface area contributed by atoms with Gasteiger partial charge in [0.2, 0.25) is 10.0 Å². The maximum absolute atomic E-state index is 12.9. The first kappa shape index (κ1) is 19.5. The third-order valence-corrected chi connectivity index (χ3v) is 5.95. The second kappa shape index (κ2) is 7.79. The average Bonchev–Trinajstić information content (AvgIpc) is 3.16. The van der Waals surface area contributed by atoms with Crippen LogP contribution in [0, 0.1) is 10.1 Å². The van der Waals surface area contributed by atoms with Gasteiger partial charge in [-0.15, -0.1) is 0 Å². The van der Waals surface area contributed by atoms with E-state index in [-0.39, 0.29) is 22.9 Å². The Hall–Kier alpha value is -3.24. The van der Waals surface area contributed by atoms with Gasteiger partial charge in [0, 0.05) is 31.4 Å². The molecule has 0 fully saturated rings. The second-order valence-corrected chi connectivity index (χ2v) is 8.00. The highest BCUT2D eigenvalue weighted by atomic mass is 32.2. The van der Waals surface area contributed by atoms with E-state index in [1.54, 1.807) is 17.1 Å². The Labute approximate surface area is 162 Å². The van der Waals surface area contributed by atoms with Crippen LogP contribution in [0.1, 0.15) is 5.56 Å². The quantitative estimate of drug-likeness (QED) is 0.444. The first-order valence-corrected chi connectivity index (χ1v) is 9.64. The molecule has 0 saturated carbocycles. The molecule has 0 N–H and O–H groups in total. The Bertz CT molecular complexity index is 1100. The number of methoxy groups -OCH3 is 1. The SMILES string of the molecule is COc1cc([N+](=O)[O-])ccc1S(=O)(=O)N(C)Cc1cnn(-c2ccccc2)c1. The Morgan fingerprint density at radius 1 is 1.21 bits per heavy atom. The normalized spacial score (nSPS) is 11.5. The molecular weight excluding hydrogens is 384 g/mol. The summed E-state index contributed by atoms with van der Waals surface area (Å²) in [5.41, 5.74) is 1.30. The Morgan fingerprint density at radius 2 is 1.93 bits per heavy atom. The molecule has 3 rings (SSSR count). The fraction of sp³-hybridized carbons (Fsp3) is 0.167. The largest absolute Gasteiger partial charge is 0.495 e. The van der Waals surface area contributed by atoms with Gasteiger partial charge in [-0.05, 0) is 18.2 Å². The summed E-state index contributed by atoms with van der Waals surface area (Å²) in [5, 5.41) is 15.2. The molecule has 146 valence electrons. The molecule has 0 aliphatic rings. The van der Waals surface area contributed by atoms with Crippen LogP contribution in [0.5, 0.6) is 5.75 Å². The van der Waals surface area contributed by atoms with E-state index < -0.39 is 14.9 Å². The van der Waals surface area contributed by atoms with Crippen LogP contribution in [-0.2, 0) is 16.6 Å². The number of nitro benzene ring substituents is 1. The number of nitro groups is 1. The van der Waals surface area contributed by atoms with Crippen LogP contribution in [-0.4, -0.2) is 41.6 Å². The molecule has 0 atom stereocenters. The summed E-state index contributed by atoms with van der Waals surface area (Å²) in [6.07, 6.45) is 3.33. The lowest BCUT2D eigenvalue weighted by atomic mass is 10.3. The van der Waals surface area contributed by atoms with Gasteiger partial charge in [0.1, 0.15) is 10.6 Å². The summed E-state index contributed by atoms with van der Waals surface area (Å²) in [7, 11) is -1.24. The van der Waals surface area contributed by atoms with E-state index in [0.717, 1.165) is 22.1 Å². The number of benzene rings is 2. The van der Waals surface area contributed by atoms with Crippen molar-refractivity contribution in [2.75, 3.05) is 14.2 Å². The van der Waals surface area contributed by atoms with Gasteiger partial charge >= 0.3 is 0 Å². The molecule has 3 aromatic rings. The maximum atomic E-state index is 12.9. The van der Waals surface area contributed by atoms with Crippen molar-refractivity contribution in [3.63, 3.8) is 0 Å². The van der Waals surface area contributed by atoms with Crippen molar-refractivity contribution in [1.82, 2.24) is 14.1 Å². The lowest BCUT2D eigenvalue weighted by molar-refractivity contribution is -0.385. The monoisotopic (exact) mass is 402 g/mol. The van der Waals surface area contributed by atoms with Crippen molar-refractivity contribution < 1.29 is 18.1 Å². The molecule has 9 nitrogen and oxygen atoms in total. The fourth-order valence-corrected chi connectivity index (χ4v) is 3.95. The lowest BCUT2D eigenvalue weighted by Crippen LogP contribution is -2.26. The molecule has 0 amide bonds. The molecule has 1 heterocycles. The molecule has 10 heteroatoms. The molecule has 0 unspecified atom stereocenters. The number of non-ortho nitro benzene ring substituents is 1. The predicted molar refractivity (Wildman–Crippen MR) is 102 cm³/mol. The van der Waals surface area contributed by atoms with Crippen molar-refractivity contribution in [3.05, 3.63) is 76.6 Å².